The number of piperidine rings is 1. The molecule has 8 nitrogen and oxygen atoms in total. The maximum Gasteiger partial charge on any atom is 0.408 e. The molecule has 2 N–H and O–H groups in total. The van der Waals surface area contributed by atoms with E-state index in [0.29, 0.717) is 32.0 Å². The maximum atomic E-state index is 14.7. The van der Waals surface area contributed by atoms with Crippen molar-refractivity contribution in [3.63, 3.8) is 0 Å². The van der Waals surface area contributed by atoms with E-state index in [2.05, 4.69) is 5.32 Å². The van der Waals surface area contributed by atoms with Gasteiger partial charge in [0.15, 0.2) is 0 Å². The van der Waals surface area contributed by atoms with Crippen molar-refractivity contribution >= 4 is 23.6 Å². The van der Waals surface area contributed by atoms with Crippen molar-refractivity contribution in [1.29, 1.82) is 0 Å². The van der Waals surface area contributed by atoms with Crippen LogP contribution < -0.4 is 10.2 Å². The first kappa shape index (κ1) is 20.5. The Labute approximate surface area is 171 Å². The van der Waals surface area contributed by atoms with Crippen molar-refractivity contribution in [2.75, 3.05) is 31.2 Å². The number of imide groups is 1. The van der Waals surface area contributed by atoms with E-state index in [1.807, 2.05) is 0 Å². The van der Waals surface area contributed by atoms with Crippen LogP contribution in [-0.2, 0) is 14.3 Å². The SMILES string of the molecule is O=C1CCC(c2c(F)cc(N3CC(N(C(=O)O)[C@@H]4CCCOC4)C3)cc2F)C(=O)N1. The Bertz CT molecular complexity index is 845. The van der Waals surface area contributed by atoms with Gasteiger partial charge < -0.3 is 14.7 Å². The molecule has 0 spiro atoms. The average Bonchev–Trinajstić information content (AvgIpc) is 2.65. The van der Waals surface area contributed by atoms with Gasteiger partial charge in [-0.3, -0.25) is 19.8 Å². The summed E-state index contributed by atoms with van der Waals surface area (Å²) in [5.41, 5.74) is -0.0464. The summed E-state index contributed by atoms with van der Waals surface area (Å²) in [6.07, 6.45) is 0.581. The molecule has 3 saturated heterocycles. The van der Waals surface area contributed by atoms with Gasteiger partial charge in [0.05, 0.1) is 24.6 Å². The average molecular weight is 423 g/mol. The van der Waals surface area contributed by atoms with Crippen LogP contribution in [0.2, 0.25) is 0 Å². The number of nitrogens with one attached hydrogen (secondary N) is 1. The highest BCUT2D eigenvalue weighted by atomic mass is 19.1. The summed E-state index contributed by atoms with van der Waals surface area (Å²) in [6.45, 7) is 1.62. The molecule has 3 aliphatic rings. The van der Waals surface area contributed by atoms with E-state index in [4.69, 9.17) is 4.74 Å². The van der Waals surface area contributed by atoms with Crippen molar-refractivity contribution in [1.82, 2.24) is 10.2 Å². The fourth-order valence-electron chi connectivity index (χ4n) is 4.45. The molecule has 10 heteroatoms. The number of hydrogen-bond donors (Lipinski definition) is 2. The minimum absolute atomic E-state index is 0.0285. The third-order valence-corrected chi connectivity index (χ3v) is 6.02. The molecular weight excluding hydrogens is 400 g/mol. The Kier molecular flexibility index (Phi) is 5.59. The summed E-state index contributed by atoms with van der Waals surface area (Å²) in [5.74, 6) is -3.90. The van der Waals surface area contributed by atoms with Gasteiger partial charge in [-0.25, -0.2) is 13.6 Å². The number of carbonyl (C=O) groups excluding carboxylic acids is 2. The lowest BCUT2D eigenvalue weighted by atomic mass is 9.89. The molecule has 0 aromatic heterocycles. The molecule has 3 heterocycles. The normalized spacial score (nSPS) is 24.9. The summed E-state index contributed by atoms with van der Waals surface area (Å²) >= 11 is 0. The van der Waals surface area contributed by atoms with E-state index in [-0.39, 0.29) is 30.5 Å². The Morgan fingerprint density at radius 2 is 1.87 bits per heavy atom. The van der Waals surface area contributed by atoms with Crippen LogP contribution in [0, 0.1) is 11.6 Å². The molecule has 1 aromatic rings. The fraction of sp³-hybridized carbons (Fsp3) is 0.550. The summed E-state index contributed by atoms with van der Waals surface area (Å²) in [4.78, 5) is 38.1. The molecule has 4 rings (SSSR count). The number of ether oxygens (including phenoxy) is 1. The second-order valence-corrected chi connectivity index (χ2v) is 7.95. The maximum absolute atomic E-state index is 14.7. The molecule has 1 unspecified atom stereocenters. The zero-order chi connectivity index (χ0) is 21.4. The summed E-state index contributed by atoms with van der Waals surface area (Å²) in [5, 5.41) is 11.7. The van der Waals surface area contributed by atoms with Gasteiger partial charge >= 0.3 is 6.09 Å². The number of amides is 3. The zero-order valence-corrected chi connectivity index (χ0v) is 16.3. The van der Waals surface area contributed by atoms with E-state index in [1.165, 1.54) is 4.90 Å². The molecule has 3 fully saturated rings. The Morgan fingerprint density at radius 3 is 2.43 bits per heavy atom. The van der Waals surface area contributed by atoms with E-state index >= 15 is 0 Å². The van der Waals surface area contributed by atoms with Crippen molar-refractivity contribution < 1.29 is 33.0 Å². The van der Waals surface area contributed by atoms with Gasteiger partial charge in [-0.15, -0.1) is 0 Å². The molecule has 0 bridgehead atoms. The largest absolute Gasteiger partial charge is 0.465 e. The lowest BCUT2D eigenvalue weighted by molar-refractivity contribution is -0.134. The molecule has 162 valence electrons. The molecular formula is C20H23F2N3O5. The number of nitrogens with zero attached hydrogens (tertiary/aromatic N) is 2. The van der Waals surface area contributed by atoms with E-state index in [0.717, 1.165) is 25.0 Å². The third kappa shape index (κ3) is 3.83. The van der Waals surface area contributed by atoms with Gasteiger partial charge in [-0.1, -0.05) is 0 Å². The van der Waals surface area contributed by atoms with Crippen LogP contribution in [0.15, 0.2) is 12.1 Å². The number of carbonyl (C=O) groups is 3. The summed E-state index contributed by atoms with van der Waals surface area (Å²) in [6, 6.07) is 1.82. The van der Waals surface area contributed by atoms with Crippen LogP contribution in [0.3, 0.4) is 0 Å². The van der Waals surface area contributed by atoms with Crippen molar-refractivity contribution in [2.24, 2.45) is 0 Å². The topological polar surface area (TPSA) is 99.2 Å². The van der Waals surface area contributed by atoms with Crippen LogP contribution in [-0.4, -0.2) is 66.3 Å². The second kappa shape index (κ2) is 8.17. The molecule has 0 aliphatic carbocycles. The minimum Gasteiger partial charge on any atom is -0.465 e. The molecule has 0 radical (unpaired) electrons. The standard InChI is InChI=1S/C20H23F2N3O5/c21-15-6-12(7-16(22)18(15)14-3-4-17(26)23-19(14)27)24-8-13(9-24)25(20(28)29)11-2-1-5-30-10-11/h6-7,11,13-14H,1-5,8-10H2,(H,28,29)(H,23,26,27)/t11-,14?/m1/s1. The van der Waals surface area contributed by atoms with Crippen molar-refractivity contribution in [3.05, 3.63) is 29.3 Å². The molecule has 30 heavy (non-hydrogen) atoms. The van der Waals surface area contributed by atoms with Crippen LogP contribution in [0.1, 0.15) is 37.2 Å². The predicted molar refractivity (Wildman–Crippen MR) is 101 cm³/mol. The minimum atomic E-state index is -1.05. The number of carboxylic acid groups (broad SMARTS) is 1. The van der Waals surface area contributed by atoms with Gasteiger partial charge in [0, 0.05) is 37.4 Å². The van der Waals surface area contributed by atoms with Crippen LogP contribution in [0.4, 0.5) is 19.3 Å². The van der Waals surface area contributed by atoms with Gasteiger partial charge in [0.2, 0.25) is 11.8 Å². The van der Waals surface area contributed by atoms with Gasteiger partial charge in [-0.2, -0.15) is 0 Å². The monoisotopic (exact) mass is 423 g/mol. The van der Waals surface area contributed by atoms with Crippen LogP contribution in [0.25, 0.3) is 0 Å². The molecule has 3 aliphatic heterocycles. The van der Waals surface area contributed by atoms with Crippen molar-refractivity contribution in [3.8, 4) is 0 Å². The van der Waals surface area contributed by atoms with E-state index in [9.17, 15) is 28.3 Å². The van der Waals surface area contributed by atoms with Crippen LogP contribution in [0.5, 0.6) is 0 Å². The Balaban J connectivity index is 1.46. The highest BCUT2D eigenvalue weighted by molar-refractivity contribution is 6.01. The predicted octanol–water partition coefficient (Wildman–Crippen LogP) is 1.83. The molecule has 3 amide bonds. The van der Waals surface area contributed by atoms with E-state index in [1.54, 1.807) is 4.90 Å². The quantitative estimate of drug-likeness (QED) is 0.717. The first-order valence-electron chi connectivity index (χ1n) is 10.0. The molecule has 1 aromatic carbocycles. The fourth-order valence-corrected chi connectivity index (χ4v) is 4.45. The molecule has 2 atom stereocenters. The lowest BCUT2D eigenvalue weighted by Crippen LogP contribution is -2.64. The number of rotatable bonds is 4. The highest BCUT2D eigenvalue weighted by Gasteiger charge is 2.40. The first-order chi connectivity index (χ1) is 14.3. The van der Waals surface area contributed by atoms with E-state index < -0.39 is 35.5 Å². The summed E-state index contributed by atoms with van der Waals surface area (Å²) < 4.78 is 34.8. The smallest absolute Gasteiger partial charge is 0.408 e. The van der Waals surface area contributed by atoms with Crippen LogP contribution >= 0.6 is 0 Å². The molecule has 0 saturated carbocycles. The summed E-state index contributed by atoms with van der Waals surface area (Å²) in [7, 11) is 0. The zero-order valence-electron chi connectivity index (χ0n) is 16.3. The third-order valence-electron chi connectivity index (χ3n) is 6.02. The number of benzene rings is 1. The Morgan fingerprint density at radius 1 is 1.17 bits per heavy atom. The van der Waals surface area contributed by atoms with Gasteiger partial charge in [0.25, 0.3) is 0 Å². The second-order valence-electron chi connectivity index (χ2n) is 7.95. The van der Waals surface area contributed by atoms with Gasteiger partial charge in [-0.05, 0) is 31.4 Å². The lowest BCUT2D eigenvalue weighted by Gasteiger charge is -2.48. The number of anilines is 1. The highest BCUT2D eigenvalue weighted by Crippen LogP contribution is 2.34. The first-order valence-corrected chi connectivity index (χ1v) is 10.0. The number of hydrogen-bond acceptors (Lipinski definition) is 5. The van der Waals surface area contributed by atoms with Crippen molar-refractivity contribution in [2.45, 2.75) is 43.7 Å². The number of halogens is 2. The Hall–Kier alpha value is -2.75. The van der Waals surface area contributed by atoms with Gasteiger partial charge in [0.1, 0.15) is 11.6 Å².